The first kappa shape index (κ1) is 21.6. The molecule has 1 aliphatic rings. The predicted molar refractivity (Wildman–Crippen MR) is 129 cm³/mol. The van der Waals surface area contributed by atoms with Gasteiger partial charge in [-0.25, -0.2) is 0 Å². The van der Waals surface area contributed by atoms with E-state index in [1.807, 2.05) is 31.2 Å². The van der Waals surface area contributed by atoms with Gasteiger partial charge in [-0.2, -0.15) is 0 Å². The van der Waals surface area contributed by atoms with Crippen LogP contribution < -0.4 is 10.6 Å². The molecule has 0 radical (unpaired) electrons. The second-order valence-corrected chi connectivity index (χ2v) is 8.40. The van der Waals surface area contributed by atoms with Gasteiger partial charge in [-0.15, -0.1) is 10.2 Å². The molecule has 0 aliphatic carbocycles. The fourth-order valence-corrected chi connectivity index (χ4v) is 4.13. The number of nitrogens with one attached hydrogen (secondary N) is 2. The van der Waals surface area contributed by atoms with E-state index in [1.54, 1.807) is 30.3 Å². The van der Waals surface area contributed by atoms with Gasteiger partial charge in [-0.1, -0.05) is 24.6 Å². The monoisotopic (exact) mass is 455 g/mol. The fraction of sp³-hybridized carbons (Fsp3) is 0.231. The lowest BCUT2D eigenvalue weighted by atomic mass is 10.1. The van der Waals surface area contributed by atoms with E-state index >= 15 is 0 Å². The maximum atomic E-state index is 13.0. The molecule has 0 unspecified atom stereocenters. The topological polar surface area (TPSA) is 102 Å². The zero-order valence-corrected chi connectivity index (χ0v) is 18.9. The van der Waals surface area contributed by atoms with E-state index in [9.17, 15) is 9.59 Å². The highest BCUT2D eigenvalue weighted by Gasteiger charge is 2.17. The summed E-state index contributed by atoms with van der Waals surface area (Å²) in [5, 5.41) is 14.5. The highest BCUT2D eigenvalue weighted by atomic mass is 16.3. The van der Waals surface area contributed by atoms with Gasteiger partial charge < -0.3 is 19.6 Å². The minimum absolute atomic E-state index is 0.206. The van der Waals surface area contributed by atoms with Crippen molar-refractivity contribution in [2.24, 2.45) is 0 Å². The SMILES string of the molecule is Cc1ccc(C(=O)Nc2cccc(-c3nnc4n3CCCCC4)c2)cc1NC(=O)c1ccco1. The number of benzene rings is 2. The molecular weight excluding hydrogens is 430 g/mol. The van der Waals surface area contributed by atoms with E-state index in [1.165, 1.54) is 12.7 Å². The molecule has 8 heteroatoms. The maximum absolute atomic E-state index is 13.0. The molecule has 0 atom stereocenters. The van der Waals surface area contributed by atoms with Crippen molar-refractivity contribution in [3.05, 3.63) is 83.6 Å². The first-order valence-electron chi connectivity index (χ1n) is 11.4. The van der Waals surface area contributed by atoms with Gasteiger partial charge in [0.25, 0.3) is 11.8 Å². The van der Waals surface area contributed by atoms with Crippen LogP contribution in [-0.4, -0.2) is 26.6 Å². The molecule has 0 saturated carbocycles. The molecular formula is C26H25N5O3. The number of anilines is 2. The van der Waals surface area contributed by atoms with E-state index < -0.39 is 0 Å². The van der Waals surface area contributed by atoms with E-state index in [4.69, 9.17) is 4.42 Å². The third-order valence-corrected chi connectivity index (χ3v) is 5.98. The third-order valence-electron chi connectivity index (χ3n) is 5.98. The summed E-state index contributed by atoms with van der Waals surface area (Å²) in [7, 11) is 0. The molecule has 2 amide bonds. The highest BCUT2D eigenvalue weighted by molar-refractivity contribution is 6.07. The summed E-state index contributed by atoms with van der Waals surface area (Å²) < 4.78 is 7.33. The molecule has 172 valence electrons. The average Bonchev–Trinajstić information content (AvgIpc) is 3.46. The molecule has 2 aromatic carbocycles. The average molecular weight is 456 g/mol. The van der Waals surface area contributed by atoms with Crippen LogP contribution in [0.2, 0.25) is 0 Å². The Kier molecular flexibility index (Phi) is 5.95. The first-order valence-corrected chi connectivity index (χ1v) is 11.4. The van der Waals surface area contributed by atoms with Crippen LogP contribution in [0.5, 0.6) is 0 Å². The zero-order valence-electron chi connectivity index (χ0n) is 18.9. The Morgan fingerprint density at radius 1 is 0.941 bits per heavy atom. The normalized spacial score (nSPS) is 13.1. The number of rotatable bonds is 5. The predicted octanol–water partition coefficient (Wildman–Crippen LogP) is 5.08. The summed E-state index contributed by atoms with van der Waals surface area (Å²) in [6.07, 6.45) is 5.82. The van der Waals surface area contributed by atoms with Gasteiger partial charge in [-0.3, -0.25) is 9.59 Å². The number of furan rings is 1. The van der Waals surface area contributed by atoms with Gasteiger partial charge in [-0.05, 0) is 61.7 Å². The summed E-state index contributed by atoms with van der Waals surface area (Å²) in [6, 6.07) is 16.1. The second-order valence-electron chi connectivity index (χ2n) is 8.40. The van der Waals surface area contributed by atoms with E-state index in [0.29, 0.717) is 16.9 Å². The van der Waals surface area contributed by atoms with Crippen LogP contribution in [0.15, 0.2) is 65.3 Å². The lowest BCUT2D eigenvalue weighted by molar-refractivity contribution is 0.0993. The van der Waals surface area contributed by atoms with Crippen LogP contribution >= 0.6 is 0 Å². The lowest BCUT2D eigenvalue weighted by Crippen LogP contribution is -2.15. The van der Waals surface area contributed by atoms with Crippen LogP contribution in [0.25, 0.3) is 11.4 Å². The lowest BCUT2D eigenvalue weighted by Gasteiger charge is -2.11. The van der Waals surface area contributed by atoms with Crippen molar-refractivity contribution in [3.63, 3.8) is 0 Å². The molecule has 34 heavy (non-hydrogen) atoms. The van der Waals surface area contributed by atoms with E-state index in [0.717, 1.165) is 48.6 Å². The molecule has 1 aliphatic heterocycles. The molecule has 0 bridgehead atoms. The number of fused-ring (bicyclic) bond motifs is 1. The Bertz CT molecular complexity index is 1340. The Balaban J connectivity index is 1.34. The zero-order chi connectivity index (χ0) is 23.5. The highest BCUT2D eigenvalue weighted by Crippen LogP contribution is 2.25. The number of hydrogen-bond donors (Lipinski definition) is 2. The van der Waals surface area contributed by atoms with Gasteiger partial charge in [0.15, 0.2) is 11.6 Å². The van der Waals surface area contributed by atoms with Gasteiger partial charge in [0.05, 0.1) is 6.26 Å². The van der Waals surface area contributed by atoms with Crippen molar-refractivity contribution in [2.75, 3.05) is 10.6 Å². The summed E-state index contributed by atoms with van der Waals surface area (Å²) >= 11 is 0. The minimum atomic E-state index is -0.370. The largest absolute Gasteiger partial charge is 0.459 e. The fourth-order valence-electron chi connectivity index (χ4n) is 4.13. The van der Waals surface area contributed by atoms with Crippen LogP contribution in [0.1, 0.15) is 51.6 Å². The third kappa shape index (κ3) is 4.47. The summed E-state index contributed by atoms with van der Waals surface area (Å²) in [4.78, 5) is 25.3. The van der Waals surface area contributed by atoms with Gasteiger partial charge >= 0.3 is 0 Å². The number of nitrogens with zero attached hydrogens (tertiary/aromatic N) is 3. The van der Waals surface area contributed by atoms with E-state index in [2.05, 4.69) is 25.4 Å². The van der Waals surface area contributed by atoms with Crippen LogP contribution in [-0.2, 0) is 13.0 Å². The number of carbonyl (C=O) groups is 2. The van der Waals surface area contributed by atoms with Gasteiger partial charge in [0.2, 0.25) is 0 Å². The first-order chi connectivity index (χ1) is 16.6. The number of carbonyl (C=O) groups excluding carboxylic acids is 2. The molecule has 5 rings (SSSR count). The molecule has 0 fully saturated rings. The summed E-state index contributed by atoms with van der Waals surface area (Å²) in [5.74, 6) is 1.41. The molecule has 3 heterocycles. The van der Waals surface area contributed by atoms with Crippen molar-refractivity contribution in [3.8, 4) is 11.4 Å². The van der Waals surface area contributed by atoms with Gasteiger partial charge in [0, 0.05) is 35.5 Å². The minimum Gasteiger partial charge on any atom is -0.459 e. The molecule has 2 aromatic heterocycles. The van der Waals surface area contributed by atoms with Crippen molar-refractivity contribution in [2.45, 2.75) is 39.2 Å². The number of aromatic nitrogens is 3. The maximum Gasteiger partial charge on any atom is 0.291 e. The molecule has 0 spiro atoms. The van der Waals surface area contributed by atoms with Crippen molar-refractivity contribution in [1.29, 1.82) is 0 Å². The Morgan fingerprint density at radius 3 is 2.71 bits per heavy atom. The van der Waals surface area contributed by atoms with Crippen LogP contribution in [0.3, 0.4) is 0 Å². The summed E-state index contributed by atoms with van der Waals surface area (Å²) in [5.41, 5.74) is 3.39. The number of amides is 2. The number of hydrogen-bond acceptors (Lipinski definition) is 5. The molecule has 8 nitrogen and oxygen atoms in total. The molecule has 4 aromatic rings. The van der Waals surface area contributed by atoms with Crippen molar-refractivity contribution < 1.29 is 14.0 Å². The Morgan fingerprint density at radius 2 is 1.85 bits per heavy atom. The van der Waals surface area contributed by atoms with Gasteiger partial charge in [0.1, 0.15) is 5.82 Å². The Hall–Kier alpha value is -4.20. The van der Waals surface area contributed by atoms with E-state index in [-0.39, 0.29) is 17.6 Å². The number of aryl methyl sites for hydroxylation is 2. The smallest absolute Gasteiger partial charge is 0.291 e. The standard InChI is InChI=1S/C26H25N5O3/c1-17-11-12-19(16-21(17)28-26(33)22-9-6-14-34-22)25(32)27-20-8-5-7-18(15-20)24-30-29-23-10-3-2-4-13-31(23)24/h5-9,11-12,14-16H,2-4,10,13H2,1H3,(H,27,32)(H,28,33). The van der Waals surface area contributed by atoms with Crippen LogP contribution in [0.4, 0.5) is 11.4 Å². The Labute approximate surface area is 197 Å². The van der Waals surface area contributed by atoms with Crippen molar-refractivity contribution >= 4 is 23.2 Å². The molecule has 2 N–H and O–H groups in total. The second kappa shape index (κ2) is 9.35. The quantitative estimate of drug-likeness (QED) is 0.437. The van der Waals surface area contributed by atoms with Crippen molar-refractivity contribution in [1.82, 2.24) is 14.8 Å². The van der Waals surface area contributed by atoms with Crippen LogP contribution in [0, 0.1) is 6.92 Å². The summed E-state index contributed by atoms with van der Waals surface area (Å²) in [6.45, 7) is 2.77. The molecule has 0 saturated heterocycles.